The standard InChI is InChI=1S/C7H13N3O/c1-4-6(2)9-10(3)5-7(8)11/h4H,1,5H2,2-3H3,(H2,8,11)/b9-6-. The number of allylic oxidation sites excluding steroid dienone is 1. The number of amides is 1. The van der Waals surface area contributed by atoms with Crippen LogP contribution in [0.25, 0.3) is 0 Å². The maximum Gasteiger partial charge on any atom is 0.238 e. The number of carbonyl (C=O) groups excluding carboxylic acids is 1. The van der Waals surface area contributed by atoms with Gasteiger partial charge in [0.15, 0.2) is 0 Å². The van der Waals surface area contributed by atoms with E-state index in [1.54, 1.807) is 20.0 Å². The van der Waals surface area contributed by atoms with E-state index in [0.717, 1.165) is 5.71 Å². The van der Waals surface area contributed by atoms with E-state index in [-0.39, 0.29) is 6.54 Å². The topological polar surface area (TPSA) is 58.7 Å². The van der Waals surface area contributed by atoms with Crippen molar-refractivity contribution in [3.8, 4) is 0 Å². The van der Waals surface area contributed by atoms with Crippen LogP contribution in [0.2, 0.25) is 0 Å². The van der Waals surface area contributed by atoms with Crippen molar-refractivity contribution in [2.24, 2.45) is 10.8 Å². The van der Waals surface area contributed by atoms with Crippen LogP contribution in [0.3, 0.4) is 0 Å². The average molecular weight is 155 g/mol. The van der Waals surface area contributed by atoms with Crippen molar-refractivity contribution in [3.05, 3.63) is 12.7 Å². The molecular weight excluding hydrogens is 142 g/mol. The van der Waals surface area contributed by atoms with Crippen LogP contribution in [0.5, 0.6) is 0 Å². The van der Waals surface area contributed by atoms with E-state index in [4.69, 9.17) is 5.73 Å². The van der Waals surface area contributed by atoms with Crippen LogP contribution in [0.1, 0.15) is 6.92 Å². The Bertz CT molecular complexity index is 186. The lowest BCUT2D eigenvalue weighted by atomic mass is 10.4. The summed E-state index contributed by atoms with van der Waals surface area (Å²) in [7, 11) is 1.68. The summed E-state index contributed by atoms with van der Waals surface area (Å²) in [6, 6.07) is 0. The van der Waals surface area contributed by atoms with Crippen molar-refractivity contribution in [2.75, 3.05) is 13.6 Å². The molecule has 0 radical (unpaired) electrons. The minimum Gasteiger partial charge on any atom is -0.368 e. The number of primary amides is 1. The zero-order valence-electron chi connectivity index (χ0n) is 6.87. The molecule has 0 aliphatic rings. The molecule has 0 aromatic carbocycles. The third-order valence-corrected chi connectivity index (χ3v) is 1.01. The summed E-state index contributed by atoms with van der Waals surface area (Å²) < 4.78 is 0. The van der Waals surface area contributed by atoms with E-state index in [1.807, 2.05) is 0 Å². The molecule has 4 nitrogen and oxygen atoms in total. The summed E-state index contributed by atoms with van der Waals surface area (Å²) in [6.07, 6.45) is 1.61. The highest BCUT2D eigenvalue weighted by Crippen LogP contribution is 1.85. The van der Waals surface area contributed by atoms with Gasteiger partial charge in [0.2, 0.25) is 5.91 Å². The normalized spacial score (nSPS) is 10.9. The molecule has 0 atom stereocenters. The number of carbonyl (C=O) groups is 1. The lowest BCUT2D eigenvalue weighted by molar-refractivity contribution is -0.118. The van der Waals surface area contributed by atoms with Crippen LogP contribution >= 0.6 is 0 Å². The number of hydrogen-bond donors (Lipinski definition) is 1. The molecule has 0 saturated heterocycles. The Labute approximate surface area is 66.4 Å². The van der Waals surface area contributed by atoms with Gasteiger partial charge in [-0.1, -0.05) is 6.58 Å². The summed E-state index contributed by atoms with van der Waals surface area (Å²) in [5, 5.41) is 5.44. The maximum absolute atomic E-state index is 10.4. The Balaban J connectivity index is 3.95. The third-order valence-electron chi connectivity index (χ3n) is 1.01. The summed E-state index contributed by atoms with van der Waals surface area (Å²) in [5.41, 5.74) is 5.69. The summed E-state index contributed by atoms with van der Waals surface area (Å²) in [5.74, 6) is -0.395. The molecule has 62 valence electrons. The third kappa shape index (κ3) is 5.14. The lowest BCUT2D eigenvalue weighted by Crippen LogP contribution is -2.27. The van der Waals surface area contributed by atoms with E-state index in [1.165, 1.54) is 5.01 Å². The molecule has 0 aliphatic heterocycles. The molecule has 0 aromatic heterocycles. The van der Waals surface area contributed by atoms with Gasteiger partial charge in [-0.3, -0.25) is 9.80 Å². The molecule has 1 amide bonds. The summed E-state index contributed by atoms with van der Waals surface area (Å²) >= 11 is 0. The number of likely N-dealkylation sites (N-methyl/N-ethyl adjacent to an activating group) is 1. The highest BCUT2D eigenvalue weighted by Gasteiger charge is 1.97. The van der Waals surface area contributed by atoms with Gasteiger partial charge in [-0.25, -0.2) is 0 Å². The molecule has 11 heavy (non-hydrogen) atoms. The molecule has 0 rings (SSSR count). The molecule has 0 heterocycles. The number of nitrogens with two attached hydrogens (primary N) is 1. The first-order chi connectivity index (χ1) is 5.06. The predicted octanol–water partition coefficient (Wildman–Crippen LogP) is -0.0346. The number of rotatable bonds is 4. The van der Waals surface area contributed by atoms with E-state index >= 15 is 0 Å². The smallest absolute Gasteiger partial charge is 0.238 e. The zero-order valence-corrected chi connectivity index (χ0v) is 6.87. The van der Waals surface area contributed by atoms with Crippen molar-refractivity contribution >= 4 is 11.6 Å². The summed E-state index contributed by atoms with van der Waals surface area (Å²) in [6.45, 7) is 5.45. The Morgan fingerprint density at radius 2 is 2.36 bits per heavy atom. The lowest BCUT2D eigenvalue weighted by Gasteiger charge is -2.09. The Morgan fingerprint density at radius 1 is 1.82 bits per heavy atom. The highest BCUT2D eigenvalue weighted by molar-refractivity contribution is 5.92. The van der Waals surface area contributed by atoms with Gasteiger partial charge >= 0.3 is 0 Å². The van der Waals surface area contributed by atoms with Crippen molar-refractivity contribution < 1.29 is 4.79 Å². The fourth-order valence-corrected chi connectivity index (χ4v) is 0.571. The van der Waals surface area contributed by atoms with Crippen LogP contribution in [-0.4, -0.2) is 30.2 Å². The first-order valence-corrected chi connectivity index (χ1v) is 3.23. The molecule has 4 heteroatoms. The second kappa shape index (κ2) is 4.49. The van der Waals surface area contributed by atoms with E-state index in [9.17, 15) is 4.79 Å². The molecule has 0 unspecified atom stereocenters. The Morgan fingerprint density at radius 3 is 2.73 bits per heavy atom. The Kier molecular flexibility index (Phi) is 3.95. The fraction of sp³-hybridized carbons (Fsp3) is 0.429. The average Bonchev–Trinajstić information content (AvgIpc) is 1.85. The van der Waals surface area contributed by atoms with Gasteiger partial charge in [0, 0.05) is 7.05 Å². The minimum atomic E-state index is -0.395. The second-order valence-electron chi connectivity index (χ2n) is 2.23. The van der Waals surface area contributed by atoms with E-state index < -0.39 is 5.91 Å². The largest absolute Gasteiger partial charge is 0.368 e. The van der Waals surface area contributed by atoms with Crippen molar-refractivity contribution in [3.63, 3.8) is 0 Å². The Hall–Kier alpha value is -1.32. The first kappa shape index (κ1) is 9.68. The molecule has 0 fully saturated rings. The molecular formula is C7H13N3O. The minimum absolute atomic E-state index is 0.130. The van der Waals surface area contributed by atoms with Gasteiger partial charge in [-0.15, -0.1) is 0 Å². The monoisotopic (exact) mass is 155 g/mol. The van der Waals surface area contributed by atoms with E-state index in [0.29, 0.717) is 0 Å². The summed E-state index contributed by atoms with van der Waals surface area (Å²) in [4.78, 5) is 10.4. The van der Waals surface area contributed by atoms with Crippen molar-refractivity contribution in [2.45, 2.75) is 6.92 Å². The van der Waals surface area contributed by atoms with Gasteiger partial charge < -0.3 is 5.73 Å². The fourth-order valence-electron chi connectivity index (χ4n) is 0.571. The molecule has 0 aromatic rings. The molecule has 2 N–H and O–H groups in total. The zero-order chi connectivity index (χ0) is 8.85. The first-order valence-electron chi connectivity index (χ1n) is 3.23. The van der Waals surface area contributed by atoms with Gasteiger partial charge in [0.25, 0.3) is 0 Å². The molecule has 0 spiro atoms. The van der Waals surface area contributed by atoms with Gasteiger partial charge in [-0.2, -0.15) is 5.10 Å². The number of nitrogens with zero attached hydrogens (tertiary/aromatic N) is 2. The van der Waals surface area contributed by atoms with Crippen LogP contribution in [0.4, 0.5) is 0 Å². The van der Waals surface area contributed by atoms with Crippen molar-refractivity contribution in [1.82, 2.24) is 5.01 Å². The quantitative estimate of drug-likeness (QED) is 0.457. The second-order valence-corrected chi connectivity index (χ2v) is 2.23. The van der Waals surface area contributed by atoms with Gasteiger partial charge in [-0.05, 0) is 13.0 Å². The molecule has 0 saturated carbocycles. The van der Waals surface area contributed by atoms with Gasteiger partial charge in [0.1, 0.15) is 6.54 Å². The highest BCUT2D eigenvalue weighted by atomic mass is 16.1. The van der Waals surface area contributed by atoms with Crippen LogP contribution in [0.15, 0.2) is 17.8 Å². The molecule has 0 bridgehead atoms. The van der Waals surface area contributed by atoms with Gasteiger partial charge in [0.05, 0.1) is 5.71 Å². The SMILES string of the molecule is C=C/C(C)=N\N(C)CC(N)=O. The predicted molar refractivity (Wildman–Crippen MR) is 45.1 cm³/mol. The number of hydrogen-bond acceptors (Lipinski definition) is 3. The maximum atomic E-state index is 10.4. The van der Waals surface area contributed by atoms with E-state index in [2.05, 4.69) is 11.7 Å². The van der Waals surface area contributed by atoms with Crippen molar-refractivity contribution in [1.29, 1.82) is 0 Å². The van der Waals surface area contributed by atoms with Crippen LogP contribution < -0.4 is 5.73 Å². The van der Waals surface area contributed by atoms with Crippen LogP contribution in [-0.2, 0) is 4.79 Å². The number of hydrazone groups is 1. The molecule has 0 aliphatic carbocycles. The van der Waals surface area contributed by atoms with Crippen LogP contribution in [0, 0.1) is 0 Å².